The molecule has 1 aromatic carbocycles. The second kappa shape index (κ2) is 7.31. The van der Waals surface area contributed by atoms with Gasteiger partial charge in [-0.15, -0.1) is 0 Å². The molecule has 0 fully saturated rings. The Bertz CT molecular complexity index is 828. The molecule has 0 N–H and O–H groups in total. The number of hydrogen-bond donors (Lipinski definition) is 0. The van der Waals surface area contributed by atoms with Crippen LogP contribution in [-0.4, -0.2) is 40.6 Å². The minimum Gasteiger partial charge on any atom is -0.454 e. The molecule has 1 heterocycles. The molecule has 2 rings (SSSR count). The molecule has 0 bridgehead atoms. The Balaban J connectivity index is 2.25. The molecule has 12 heteroatoms. The van der Waals surface area contributed by atoms with Crippen molar-refractivity contribution in [3.8, 4) is 5.88 Å². The number of benzene rings is 1. The van der Waals surface area contributed by atoms with Crippen LogP contribution >= 0.6 is 7.60 Å². The van der Waals surface area contributed by atoms with E-state index in [2.05, 4.69) is 9.79 Å². The molecule has 0 aliphatic carbocycles. The van der Waals surface area contributed by atoms with E-state index >= 15 is 0 Å². The van der Waals surface area contributed by atoms with Crippen LogP contribution in [0.1, 0.15) is 0 Å². The molecule has 0 aliphatic heterocycles. The zero-order chi connectivity index (χ0) is 17.8. The van der Waals surface area contributed by atoms with E-state index in [1.165, 1.54) is 38.5 Å². The minimum atomic E-state index is -4.20. The first-order valence-corrected chi connectivity index (χ1v) is 9.78. The van der Waals surface area contributed by atoms with Crippen molar-refractivity contribution in [3.63, 3.8) is 0 Å². The maximum absolute atomic E-state index is 12.5. The summed E-state index contributed by atoms with van der Waals surface area (Å²) in [5.74, 6) is -0.535. The smallest absolute Gasteiger partial charge is 0.414 e. The van der Waals surface area contributed by atoms with Crippen LogP contribution in [0.15, 0.2) is 44.9 Å². The summed E-state index contributed by atoms with van der Waals surface area (Å²) in [7, 11) is -5.13. The van der Waals surface area contributed by atoms with Crippen molar-refractivity contribution < 1.29 is 36.3 Å². The number of nitrogens with zero attached hydrogens (tertiary/aromatic N) is 2. The van der Waals surface area contributed by atoms with Crippen molar-refractivity contribution >= 4 is 17.4 Å². The molecule has 0 saturated carbocycles. The SMILES string of the molecule is COP(=O)(CCOc1no[n+]([O-])c1S(=O)(=O)c1ccccc1)OC. The van der Waals surface area contributed by atoms with Gasteiger partial charge in [-0.25, -0.2) is 8.42 Å². The van der Waals surface area contributed by atoms with Crippen LogP contribution in [0.3, 0.4) is 0 Å². The van der Waals surface area contributed by atoms with Crippen LogP contribution in [0.25, 0.3) is 0 Å². The fraction of sp³-hybridized carbons (Fsp3) is 0.333. The zero-order valence-electron chi connectivity index (χ0n) is 12.8. The number of ether oxygens (including phenoxy) is 1. The lowest BCUT2D eigenvalue weighted by atomic mass is 10.4. The Labute approximate surface area is 137 Å². The maximum atomic E-state index is 12.5. The minimum absolute atomic E-state index is 0.123. The molecule has 132 valence electrons. The van der Waals surface area contributed by atoms with Gasteiger partial charge in [-0.3, -0.25) is 9.19 Å². The summed E-state index contributed by atoms with van der Waals surface area (Å²) in [4.78, 5) is -0.383. The molecular weight excluding hydrogens is 363 g/mol. The predicted molar refractivity (Wildman–Crippen MR) is 79.3 cm³/mol. The van der Waals surface area contributed by atoms with Crippen LogP contribution < -0.4 is 9.64 Å². The highest BCUT2D eigenvalue weighted by atomic mass is 32.2. The second-order valence-corrected chi connectivity index (χ2v) is 8.67. The third-order valence-electron chi connectivity index (χ3n) is 3.01. The summed E-state index contributed by atoms with van der Waals surface area (Å²) in [6.07, 6.45) is -0.170. The lowest BCUT2D eigenvalue weighted by molar-refractivity contribution is -0.832. The fourth-order valence-electron chi connectivity index (χ4n) is 1.75. The van der Waals surface area contributed by atoms with Gasteiger partial charge in [-0.05, 0) is 17.0 Å². The molecule has 0 radical (unpaired) electrons. The maximum Gasteiger partial charge on any atom is 0.414 e. The topological polar surface area (TPSA) is 132 Å². The number of sulfone groups is 1. The van der Waals surface area contributed by atoms with Crippen molar-refractivity contribution in [3.05, 3.63) is 35.5 Å². The molecular formula is C12H15N2O8PS. The molecule has 1 aromatic heterocycles. The summed E-state index contributed by atoms with van der Waals surface area (Å²) < 4.78 is 55.8. The number of aromatic nitrogens is 2. The molecule has 24 heavy (non-hydrogen) atoms. The van der Waals surface area contributed by atoms with Crippen LogP contribution in [0.5, 0.6) is 5.88 Å². The normalized spacial score (nSPS) is 12.2. The summed E-state index contributed by atoms with van der Waals surface area (Å²) in [5.41, 5.74) is 0. The molecule has 0 amide bonds. The van der Waals surface area contributed by atoms with Gasteiger partial charge in [0, 0.05) is 14.2 Å². The van der Waals surface area contributed by atoms with Gasteiger partial charge < -0.3 is 19.0 Å². The first-order valence-electron chi connectivity index (χ1n) is 6.57. The number of rotatable bonds is 8. The Morgan fingerprint density at radius 2 is 1.88 bits per heavy atom. The van der Waals surface area contributed by atoms with Crippen molar-refractivity contribution in [1.82, 2.24) is 5.16 Å². The van der Waals surface area contributed by atoms with E-state index in [-0.39, 0.29) is 22.6 Å². The van der Waals surface area contributed by atoms with E-state index < -0.39 is 28.3 Å². The Hall–Kier alpha value is -1.94. The summed E-state index contributed by atoms with van der Waals surface area (Å²) in [6, 6.07) is 7.27. The highest BCUT2D eigenvalue weighted by Crippen LogP contribution is 2.45. The van der Waals surface area contributed by atoms with E-state index in [9.17, 15) is 18.2 Å². The molecule has 0 atom stereocenters. The third-order valence-corrected chi connectivity index (χ3v) is 6.58. The van der Waals surface area contributed by atoms with E-state index in [4.69, 9.17) is 13.8 Å². The van der Waals surface area contributed by atoms with Gasteiger partial charge in [0.1, 0.15) is 6.61 Å². The van der Waals surface area contributed by atoms with E-state index in [1.807, 2.05) is 0 Å². The van der Waals surface area contributed by atoms with Gasteiger partial charge in [0.15, 0.2) is 0 Å². The van der Waals surface area contributed by atoms with Crippen LogP contribution in [-0.2, 0) is 23.4 Å². The highest BCUT2D eigenvalue weighted by molar-refractivity contribution is 7.91. The molecule has 0 spiro atoms. The van der Waals surface area contributed by atoms with Gasteiger partial charge in [-0.1, -0.05) is 18.2 Å². The van der Waals surface area contributed by atoms with Gasteiger partial charge >= 0.3 is 18.5 Å². The molecule has 2 aromatic rings. The molecule has 10 nitrogen and oxygen atoms in total. The zero-order valence-corrected chi connectivity index (χ0v) is 14.5. The van der Waals surface area contributed by atoms with Gasteiger partial charge in [-0.2, -0.15) is 0 Å². The first kappa shape index (κ1) is 18.4. The summed E-state index contributed by atoms with van der Waals surface area (Å²) >= 11 is 0. The monoisotopic (exact) mass is 378 g/mol. The van der Waals surface area contributed by atoms with E-state index in [1.54, 1.807) is 6.07 Å². The van der Waals surface area contributed by atoms with Crippen LogP contribution in [0.4, 0.5) is 0 Å². The highest BCUT2D eigenvalue weighted by Gasteiger charge is 2.36. The van der Waals surface area contributed by atoms with Crippen molar-refractivity contribution in [2.24, 2.45) is 0 Å². The van der Waals surface area contributed by atoms with Crippen molar-refractivity contribution in [1.29, 1.82) is 0 Å². The van der Waals surface area contributed by atoms with Gasteiger partial charge in [0.2, 0.25) is 0 Å². The lowest BCUT2D eigenvalue weighted by Gasteiger charge is -2.12. The van der Waals surface area contributed by atoms with Gasteiger partial charge in [0.05, 0.1) is 16.2 Å². The van der Waals surface area contributed by atoms with E-state index in [0.29, 0.717) is 0 Å². The average Bonchev–Trinajstić information content (AvgIpc) is 2.97. The molecule has 0 aliphatic rings. The standard InChI is InChI=1S/C12H15N2O8PS/c1-19-23(16,20-2)9-8-21-11-12(14(15)22-13-11)24(17,18)10-6-4-3-5-7-10/h3-7H,8-9H2,1-2H3. The summed E-state index contributed by atoms with van der Waals surface area (Å²) in [5, 5.41) is 14.1. The van der Waals surface area contributed by atoms with Crippen molar-refractivity contribution in [2.45, 2.75) is 9.92 Å². The Morgan fingerprint density at radius 1 is 1.25 bits per heavy atom. The van der Waals surface area contributed by atoms with Crippen molar-refractivity contribution in [2.75, 3.05) is 27.0 Å². The number of hydrogen-bond acceptors (Lipinski definition) is 9. The van der Waals surface area contributed by atoms with E-state index in [0.717, 1.165) is 0 Å². The predicted octanol–water partition coefficient (Wildman–Crippen LogP) is 1.01. The molecule has 0 saturated heterocycles. The first-order chi connectivity index (χ1) is 11.3. The Morgan fingerprint density at radius 3 is 2.46 bits per heavy atom. The van der Waals surface area contributed by atoms with Crippen LogP contribution in [0.2, 0.25) is 0 Å². The fourth-order valence-corrected chi connectivity index (χ4v) is 3.88. The molecule has 0 unspecified atom stereocenters. The average molecular weight is 378 g/mol. The Kier molecular flexibility index (Phi) is 5.60. The summed E-state index contributed by atoms with van der Waals surface area (Å²) in [6.45, 7) is -0.261. The quantitative estimate of drug-likeness (QED) is 0.487. The van der Waals surface area contributed by atoms with Crippen LogP contribution in [0, 0.1) is 5.21 Å². The third kappa shape index (κ3) is 3.75. The van der Waals surface area contributed by atoms with Gasteiger partial charge in [0.25, 0.3) is 9.84 Å². The largest absolute Gasteiger partial charge is 0.454 e. The second-order valence-electron chi connectivity index (χ2n) is 4.40. The lowest BCUT2D eigenvalue weighted by Crippen LogP contribution is -2.31.